The fraction of sp³-hybridized carbons (Fsp3) is 0. The quantitative estimate of drug-likeness (QED) is 0.551. The number of nitrogens with one attached hydrogen (secondary N) is 1. The Labute approximate surface area is 129 Å². The van der Waals surface area contributed by atoms with Gasteiger partial charge in [-0.3, -0.25) is 5.41 Å². The first-order chi connectivity index (χ1) is 10.8. The molecule has 3 nitrogen and oxygen atoms in total. The van der Waals surface area contributed by atoms with E-state index in [1.54, 1.807) is 6.07 Å². The molecule has 0 saturated heterocycles. The van der Waals surface area contributed by atoms with Crippen molar-refractivity contribution in [3.8, 4) is 22.6 Å². The Morgan fingerprint density at radius 2 is 1.32 bits per heavy atom. The van der Waals surface area contributed by atoms with Gasteiger partial charge in [0.1, 0.15) is 17.3 Å². The van der Waals surface area contributed by atoms with Crippen molar-refractivity contribution in [2.45, 2.75) is 0 Å². The lowest BCUT2D eigenvalue weighted by atomic mass is 10.0. The highest BCUT2D eigenvalue weighted by atomic mass is 16.5. The topological polar surface area (TPSA) is 59.1 Å². The van der Waals surface area contributed by atoms with Gasteiger partial charge in [0.2, 0.25) is 0 Å². The van der Waals surface area contributed by atoms with Gasteiger partial charge in [-0.25, -0.2) is 0 Å². The summed E-state index contributed by atoms with van der Waals surface area (Å²) in [5, 5.41) is 7.66. The number of nitrogen functional groups attached to an aromatic ring is 1. The van der Waals surface area contributed by atoms with Crippen LogP contribution in [0.15, 0.2) is 78.9 Å². The zero-order chi connectivity index (χ0) is 15.4. The van der Waals surface area contributed by atoms with Crippen molar-refractivity contribution in [3.05, 3.63) is 84.4 Å². The van der Waals surface area contributed by atoms with Gasteiger partial charge in [-0.1, -0.05) is 60.7 Å². The number of nitrogens with two attached hydrogens (primary N) is 1. The van der Waals surface area contributed by atoms with E-state index in [4.69, 9.17) is 15.9 Å². The monoisotopic (exact) mass is 288 g/mol. The molecule has 0 bridgehead atoms. The molecule has 108 valence electrons. The van der Waals surface area contributed by atoms with Crippen molar-refractivity contribution in [2.75, 3.05) is 0 Å². The zero-order valence-corrected chi connectivity index (χ0v) is 12.0. The van der Waals surface area contributed by atoms with Crippen LogP contribution in [0.1, 0.15) is 5.56 Å². The lowest BCUT2D eigenvalue weighted by Gasteiger charge is -2.13. The molecule has 3 aromatic carbocycles. The number of para-hydroxylation sites is 2. The SMILES string of the molecule is N=C(N)c1ccccc1Oc1ccccc1-c1ccccc1. The average Bonchev–Trinajstić information content (AvgIpc) is 2.56. The molecule has 0 aliphatic heterocycles. The summed E-state index contributed by atoms with van der Waals surface area (Å²) in [6.45, 7) is 0. The predicted molar refractivity (Wildman–Crippen MR) is 89.4 cm³/mol. The van der Waals surface area contributed by atoms with Crippen molar-refractivity contribution in [1.82, 2.24) is 0 Å². The van der Waals surface area contributed by atoms with Gasteiger partial charge in [-0.05, 0) is 23.8 Å². The van der Waals surface area contributed by atoms with Gasteiger partial charge >= 0.3 is 0 Å². The Morgan fingerprint density at radius 1 is 0.727 bits per heavy atom. The van der Waals surface area contributed by atoms with E-state index < -0.39 is 0 Å². The summed E-state index contributed by atoms with van der Waals surface area (Å²) in [4.78, 5) is 0. The molecular formula is C19H16N2O. The maximum absolute atomic E-state index is 7.66. The van der Waals surface area contributed by atoms with E-state index in [-0.39, 0.29) is 5.84 Å². The zero-order valence-electron chi connectivity index (χ0n) is 12.0. The molecule has 0 aromatic heterocycles. The lowest BCUT2D eigenvalue weighted by molar-refractivity contribution is 0.483. The largest absolute Gasteiger partial charge is 0.456 e. The summed E-state index contributed by atoms with van der Waals surface area (Å²) in [6, 6.07) is 25.2. The normalized spacial score (nSPS) is 10.2. The minimum atomic E-state index is -0.00667. The number of amidine groups is 1. The summed E-state index contributed by atoms with van der Waals surface area (Å²) in [6.07, 6.45) is 0. The lowest BCUT2D eigenvalue weighted by Crippen LogP contribution is -2.12. The highest BCUT2D eigenvalue weighted by Gasteiger charge is 2.10. The van der Waals surface area contributed by atoms with Crippen molar-refractivity contribution in [1.29, 1.82) is 5.41 Å². The highest BCUT2D eigenvalue weighted by molar-refractivity contribution is 5.97. The Balaban J connectivity index is 2.03. The molecule has 0 aliphatic carbocycles. The van der Waals surface area contributed by atoms with Gasteiger partial charge in [0, 0.05) is 5.56 Å². The molecule has 0 spiro atoms. The van der Waals surface area contributed by atoms with Crippen LogP contribution in [0.5, 0.6) is 11.5 Å². The Hall–Kier alpha value is -3.07. The minimum absolute atomic E-state index is 0.00667. The van der Waals surface area contributed by atoms with Gasteiger partial charge < -0.3 is 10.5 Å². The predicted octanol–water partition coefficient (Wildman–Crippen LogP) is 4.43. The van der Waals surface area contributed by atoms with Gasteiger partial charge in [0.15, 0.2) is 0 Å². The minimum Gasteiger partial charge on any atom is -0.456 e. The number of hydrogen-bond acceptors (Lipinski definition) is 2. The standard InChI is InChI=1S/C19H16N2O/c20-19(21)16-11-5-7-13-18(16)22-17-12-6-4-10-15(17)14-8-2-1-3-9-14/h1-13H,(H3,20,21). The second kappa shape index (κ2) is 6.14. The molecule has 0 unspecified atom stereocenters. The smallest absolute Gasteiger partial charge is 0.138 e. The van der Waals surface area contributed by atoms with Crippen LogP contribution in [0.2, 0.25) is 0 Å². The van der Waals surface area contributed by atoms with Gasteiger partial charge in [0.25, 0.3) is 0 Å². The van der Waals surface area contributed by atoms with E-state index in [9.17, 15) is 0 Å². The van der Waals surface area contributed by atoms with E-state index in [2.05, 4.69) is 0 Å². The fourth-order valence-corrected chi connectivity index (χ4v) is 2.31. The molecule has 3 N–H and O–H groups in total. The number of ether oxygens (including phenoxy) is 1. The van der Waals surface area contributed by atoms with Crippen LogP contribution < -0.4 is 10.5 Å². The average molecular weight is 288 g/mol. The van der Waals surface area contributed by atoms with Gasteiger partial charge in [-0.2, -0.15) is 0 Å². The van der Waals surface area contributed by atoms with Gasteiger partial charge in [0.05, 0.1) is 5.56 Å². The Morgan fingerprint density at radius 3 is 2.05 bits per heavy atom. The van der Waals surface area contributed by atoms with Crippen LogP contribution in [0.25, 0.3) is 11.1 Å². The fourth-order valence-electron chi connectivity index (χ4n) is 2.31. The maximum atomic E-state index is 7.66. The molecule has 3 rings (SSSR count). The molecule has 0 heterocycles. The van der Waals surface area contributed by atoms with Crippen molar-refractivity contribution in [3.63, 3.8) is 0 Å². The molecule has 0 atom stereocenters. The van der Waals surface area contributed by atoms with E-state index in [0.717, 1.165) is 16.9 Å². The van der Waals surface area contributed by atoms with E-state index >= 15 is 0 Å². The Bertz CT molecular complexity index is 797. The van der Waals surface area contributed by atoms with Crippen LogP contribution in [0.3, 0.4) is 0 Å². The van der Waals surface area contributed by atoms with E-state index in [1.807, 2.05) is 72.8 Å². The third-order valence-electron chi connectivity index (χ3n) is 3.37. The summed E-state index contributed by atoms with van der Waals surface area (Å²) in [7, 11) is 0. The van der Waals surface area contributed by atoms with Crippen LogP contribution in [0.4, 0.5) is 0 Å². The molecule has 0 aliphatic rings. The molecule has 0 radical (unpaired) electrons. The highest BCUT2D eigenvalue weighted by Crippen LogP contribution is 2.34. The number of rotatable bonds is 4. The van der Waals surface area contributed by atoms with E-state index in [0.29, 0.717) is 11.3 Å². The van der Waals surface area contributed by atoms with Crippen molar-refractivity contribution in [2.24, 2.45) is 5.73 Å². The first-order valence-electron chi connectivity index (χ1n) is 7.01. The van der Waals surface area contributed by atoms with Gasteiger partial charge in [-0.15, -0.1) is 0 Å². The summed E-state index contributed by atoms with van der Waals surface area (Å²) < 4.78 is 6.04. The Kier molecular flexibility index (Phi) is 3.88. The van der Waals surface area contributed by atoms with Crippen molar-refractivity contribution < 1.29 is 4.74 Å². The molecule has 22 heavy (non-hydrogen) atoms. The first-order valence-corrected chi connectivity index (χ1v) is 7.01. The van der Waals surface area contributed by atoms with Crippen molar-refractivity contribution >= 4 is 5.84 Å². The second-order valence-electron chi connectivity index (χ2n) is 4.87. The third kappa shape index (κ3) is 2.83. The molecule has 3 aromatic rings. The molecule has 0 amide bonds. The maximum Gasteiger partial charge on any atom is 0.138 e. The van der Waals surface area contributed by atoms with Crippen LogP contribution in [-0.2, 0) is 0 Å². The number of benzene rings is 3. The second-order valence-corrected chi connectivity index (χ2v) is 4.87. The molecule has 0 saturated carbocycles. The molecule has 0 fully saturated rings. The molecule has 3 heteroatoms. The first kappa shape index (κ1) is 13.9. The van der Waals surface area contributed by atoms with Crippen LogP contribution in [0, 0.1) is 5.41 Å². The summed E-state index contributed by atoms with van der Waals surface area (Å²) >= 11 is 0. The summed E-state index contributed by atoms with van der Waals surface area (Å²) in [5.74, 6) is 1.31. The summed E-state index contributed by atoms with van der Waals surface area (Å²) in [5.41, 5.74) is 8.29. The molecular weight excluding hydrogens is 272 g/mol. The van der Waals surface area contributed by atoms with Crippen LogP contribution in [-0.4, -0.2) is 5.84 Å². The van der Waals surface area contributed by atoms with Crippen LogP contribution >= 0.6 is 0 Å². The van der Waals surface area contributed by atoms with E-state index in [1.165, 1.54) is 0 Å². The number of hydrogen-bond donors (Lipinski definition) is 2. The third-order valence-corrected chi connectivity index (χ3v) is 3.37.